The molecule has 0 unspecified atom stereocenters. The van der Waals surface area contributed by atoms with Crippen molar-refractivity contribution >= 4 is 44.7 Å². The molecule has 4 rings (SSSR count). The summed E-state index contributed by atoms with van der Waals surface area (Å²) in [4.78, 5) is 14.4. The summed E-state index contributed by atoms with van der Waals surface area (Å²) in [5.74, 6) is 0.869. The quantitative estimate of drug-likeness (QED) is 0.484. The highest BCUT2D eigenvalue weighted by atomic mass is 35.5. The molecule has 2 heterocycles. The Hall–Kier alpha value is -2.83. The number of thiophene rings is 1. The van der Waals surface area contributed by atoms with Gasteiger partial charge >= 0.3 is 0 Å². The maximum absolute atomic E-state index is 12.8. The van der Waals surface area contributed by atoms with E-state index in [0.29, 0.717) is 27.1 Å². The summed E-state index contributed by atoms with van der Waals surface area (Å²) in [5, 5.41) is 8.80. The second kappa shape index (κ2) is 7.06. The number of carbonyl (C=O) groups is 1. The van der Waals surface area contributed by atoms with E-state index in [1.165, 1.54) is 11.3 Å². The number of anilines is 1. The Morgan fingerprint density at radius 3 is 2.59 bits per heavy atom. The van der Waals surface area contributed by atoms with Gasteiger partial charge in [-0.1, -0.05) is 35.9 Å². The molecule has 0 aliphatic rings. The van der Waals surface area contributed by atoms with Crippen LogP contribution in [0, 0.1) is 6.92 Å². The van der Waals surface area contributed by atoms with Gasteiger partial charge in [0.15, 0.2) is 5.75 Å². The number of aryl methyl sites for hydroxylation is 2. The van der Waals surface area contributed by atoms with E-state index in [1.807, 2.05) is 44.3 Å². The van der Waals surface area contributed by atoms with Crippen molar-refractivity contribution in [2.24, 2.45) is 7.05 Å². The SMILES string of the molecule is Cc1nn(C)c2sc(C(=O)Nc3ccccc3Oc3ccccc3Cl)cc12. The minimum atomic E-state index is -0.189. The molecule has 4 aromatic rings. The molecule has 7 heteroatoms. The monoisotopic (exact) mass is 397 g/mol. The van der Waals surface area contributed by atoms with Gasteiger partial charge in [0.2, 0.25) is 0 Å². The lowest BCUT2D eigenvalue weighted by atomic mass is 10.2. The molecule has 0 radical (unpaired) electrons. The number of benzene rings is 2. The number of nitrogens with one attached hydrogen (secondary N) is 1. The smallest absolute Gasteiger partial charge is 0.265 e. The Bertz CT molecular complexity index is 1110. The number of ether oxygens (including phenoxy) is 1. The lowest BCUT2D eigenvalue weighted by Crippen LogP contribution is -2.11. The molecule has 1 N–H and O–H groups in total. The van der Waals surface area contributed by atoms with Gasteiger partial charge in [-0.05, 0) is 37.3 Å². The van der Waals surface area contributed by atoms with Crippen molar-refractivity contribution in [2.45, 2.75) is 6.92 Å². The molecule has 0 aliphatic heterocycles. The fraction of sp³-hybridized carbons (Fsp3) is 0.100. The van der Waals surface area contributed by atoms with Crippen LogP contribution in [0.15, 0.2) is 54.6 Å². The number of para-hydroxylation sites is 3. The highest BCUT2D eigenvalue weighted by molar-refractivity contribution is 7.20. The third-order valence-electron chi connectivity index (χ3n) is 4.11. The van der Waals surface area contributed by atoms with Crippen LogP contribution >= 0.6 is 22.9 Å². The number of aromatic nitrogens is 2. The molecular formula is C20H16ClN3O2S. The minimum absolute atomic E-state index is 0.189. The van der Waals surface area contributed by atoms with Gasteiger partial charge in [-0.2, -0.15) is 5.10 Å². The van der Waals surface area contributed by atoms with E-state index < -0.39 is 0 Å². The summed E-state index contributed by atoms with van der Waals surface area (Å²) in [7, 11) is 1.88. The van der Waals surface area contributed by atoms with Crippen molar-refractivity contribution in [1.82, 2.24) is 9.78 Å². The van der Waals surface area contributed by atoms with Crippen LogP contribution in [0.2, 0.25) is 5.02 Å². The van der Waals surface area contributed by atoms with Gasteiger partial charge in [0.25, 0.3) is 5.91 Å². The van der Waals surface area contributed by atoms with Crippen molar-refractivity contribution in [3.63, 3.8) is 0 Å². The number of carbonyl (C=O) groups excluding carboxylic acids is 1. The first-order valence-corrected chi connectivity index (χ1v) is 9.48. The first-order chi connectivity index (χ1) is 13.0. The molecule has 0 fully saturated rings. The number of rotatable bonds is 4. The van der Waals surface area contributed by atoms with Gasteiger partial charge in [0, 0.05) is 12.4 Å². The van der Waals surface area contributed by atoms with E-state index in [1.54, 1.807) is 28.9 Å². The first kappa shape index (κ1) is 17.6. The predicted molar refractivity (Wildman–Crippen MR) is 109 cm³/mol. The molecule has 0 atom stereocenters. The van der Waals surface area contributed by atoms with Gasteiger partial charge in [0.1, 0.15) is 10.6 Å². The van der Waals surface area contributed by atoms with E-state index in [-0.39, 0.29) is 5.91 Å². The van der Waals surface area contributed by atoms with E-state index in [9.17, 15) is 4.79 Å². The highest BCUT2D eigenvalue weighted by Gasteiger charge is 2.17. The highest BCUT2D eigenvalue weighted by Crippen LogP contribution is 2.34. The maximum Gasteiger partial charge on any atom is 0.265 e. The van der Waals surface area contributed by atoms with Crippen molar-refractivity contribution in [2.75, 3.05) is 5.32 Å². The van der Waals surface area contributed by atoms with Crippen molar-refractivity contribution in [1.29, 1.82) is 0 Å². The molecule has 2 aromatic carbocycles. The zero-order chi connectivity index (χ0) is 19.0. The van der Waals surface area contributed by atoms with Crippen LogP contribution in [0.1, 0.15) is 15.4 Å². The van der Waals surface area contributed by atoms with Crippen LogP contribution in [0.5, 0.6) is 11.5 Å². The molecule has 1 amide bonds. The summed E-state index contributed by atoms with van der Waals surface area (Å²) < 4.78 is 7.69. The largest absolute Gasteiger partial charge is 0.454 e. The van der Waals surface area contributed by atoms with Crippen LogP contribution in [0.3, 0.4) is 0 Å². The van der Waals surface area contributed by atoms with Crippen LogP contribution in [-0.4, -0.2) is 15.7 Å². The molecule has 5 nitrogen and oxygen atoms in total. The third kappa shape index (κ3) is 3.41. The zero-order valence-electron chi connectivity index (χ0n) is 14.7. The maximum atomic E-state index is 12.8. The van der Waals surface area contributed by atoms with Gasteiger partial charge in [-0.15, -0.1) is 11.3 Å². The van der Waals surface area contributed by atoms with Crippen molar-refractivity contribution in [3.05, 3.63) is 70.2 Å². The van der Waals surface area contributed by atoms with E-state index in [4.69, 9.17) is 16.3 Å². The van der Waals surface area contributed by atoms with E-state index in [2.05, 4.69) is 10.4 Å². The second-order valence-electron chi connectivity index (χ2n) is 6.02. The standard InChI is InChI=1S/C20H16ClN3O2S/c1-12-13-11-18(27-20(13)24(2)23-12)19(25)22-15-8-4-6-10-17(15)26-16-9-5-3-7-14(16)21/h3-11H,1-2H3,(H,22,25). The molecule has 0 bridgehead atoms. The first-order valence-electron chi connectivity index (χ1n) is 8.29. The summed E-state index contributed by atoms with van der Waals surface area (Å²) in [5.41, 5.74) is 1.49. The third-order valence-corrected chi connectivity index (χ3v) is 5.62. The van der Waals surface area contributed by atoms with Crippen molar-refractivity contribution < 1.29 is 9.53 Å². The molecule has 0 saturated heterocycles. The second-order valence-corrected chi connectivity index (χ2v) is 7.46. The van der Waals surface area contributed by atoms with Crippen LogP contribution in [-0.2, 0) is 7.05 Å². The summed E-state index contributed by atoms with van der Waals surface area (Å²) >= 11 is 7.58. The lowest BCUT2D eigenvalue weighted by molar-refractivity contribution is 0.103. The average Bonchev–Trinajstić information content (AvgIpc) is 3.20. The molecule has 27 heavy (non-hydrogen) atoms. The molecular weight excluding hydrogens is 382 g/mol. The number of nitrogens with zero attached hydrogens (tertiary/aromatic N) is 2. The topological polar surface area (TPSA) is 56.2 Å². The number of hydrogen-bond acceptors (Lipinski definition) is 4. The number of fused-ring (bicyclic) bond motifs is 1. The minimum Gasteiger partial charge on any atom is -0.454 e. The van der Waals surface area contributed by atoms with Gasteiger partial charge < -0.3 is 10.1 Å². The number of amides is 1. The molecule has 0 saturated carbocycles. The summed E-state index contributed by atoms with van der Waals surface area (Å²) in [6, 6.07) is 16.4. The Kier molecular flexibility index (Phi) is 4.59. The molecule has 0 spiro atoms. The predicted octanol–water partition coefficient (Wildman–Crippen LogP) is 5.64. The van der Waals surface area contributed by atoms with Gasteiger partial charge in [-0.25, -0.2) is 0 Å². The Balaban J connectivity index is 1.61. The Morgan fingerprint density at radius 2 is 1.85 bits per heavy atom. The van der Waals surface area contributed by atoms with Gasteiger partial charge in [0.05, 0.1) is 21.3 Å². The normalized spacial score (nSPS) is 10.9. The average molecular weight is 398 g/mol. The zero-order valence-corrected chi connectivity index (χ0v) is 16.3. The number of hydrogen-bond donors (Lipinski definition) is 1. The molecule has 136 valence electrons. The summed E-state index contributed by atoms with van der Waals surface area (Å²) in [6.07, 6.45) is 0. The molecule has 0 aliphatic carbocycles. The van der Waals surface area contributed by atoms with Crippen LogP contribution in [0.25, 0.3) is 10.2 Å². The lowest BCUT2D eigenvalue weighted by Gasteiger charge is -2.12. The van der Waals surface area contributed by atoms with E-state index >= 15 is 0 Å². The Morgan fingerprint density at radius 1 is 1.15 bits per heavy atom. The van der Waals surface area contributed by atoms with E-state index in [0.717, 1.165) is 15.9 Å². The number of halogens is 1. The van der Waals surface area contributed by atoms with Crippen LogP contribution < -0.4 is 10.1 Å². The molecule has 2 aromatic heterocycles. The van der Waals surface area contributed by atoms with Gasteiger partial charge in [-0.3, -0.25) is 9.48 Å². The summed E-state index contributed by atoms with van der Waals surface area (Å²) in [6.45, 7) is 1.93. The Labute approximate surface area is 165 Å². The van der Waals surface area contributed by atoms with Crippen LogP contribution in [0.4, 0.5) is 5.69 Å². The van der Waals surface area contributed by atoms with Crippen molar-refractivity contribution in [3.8, 4) is 11.5 Å². The fourth-order valence-corrected chi connectivity index (χ4v) is 4.00. The fourth-order valence-electron chi connectivity index (χ4n) is 2.81.